The van der Waals surface area contributed by atoms with Gasteiger partial charge in [0.15, 0.2) is 5.17 Å². The first-order valence-corrected chi connectivity index (χ1v) is 5.58. The molecule has 1 fully saturated rings. The number of nitrogens with one attached hydrogen (secondary N) is 1. The molecule has 4 nitrogen and oxygen atoms in total. The van der Waals surface area contributed by atoms with Crippen molar-refractivity contribution in [1.82, 2.24) is 0 Å². The van der Waals surface area contributed by atoms with Crippen LogP contribution in [0.25, 0.3) is 0 Å². The summed E-state index contributed by atoms with van der Waals surface area (Å²) in [7, 11) is 0. The maximum Gasteiger partial charge on any atom is 0.175 e. The Hall–Kier alpha value is -1.04. The third-order valence-corrected chi connectivity index (χ3v) is 3.16. The van der Waals surface area contributed by atoms with Crippen molar-refractivity contribution in [1.29, 1.82) is 5.41 Å². The molecule has 0 unspecified atom stereocenters. The number of thioether (sulfide) groups is 1. The van der Waals surface area contributed by atoms with E-state index in [1.165, 1.54) is 16.8 Å². The fourth-order valence-electron chi connectivity index (χ4n) is 1.20. The minimum Gasteiger partial charge on any atom is -0.379 e. The molecule has 1 aliphatic rings. The highest BCUT2D eigenvalue weighted by molar-refractivity contribution is 8.14. The summed E-state index contributed by atoms with van der Waals surface area (Å²) < 4.78 is 5.04. The lowest BCUT2D eigenvalue weighted by atomic mass is 10.3. The van der Waals surface area contributed by atoms with E-state index in [1.54, 1.807) is 0 Å². The van der Waals surface area contributed by atoms with E-state index in [1.807, 2.05) is 30.3 Å². The van der Waals surface area contributed by atoms with Gasteiger partial charge in [0.05, 0.1) is 24.2 Å². The zero-order valence-electron chi connectivity index (χ0n) is 8.22. The summed E-state index contributed by atoms with van der Waals surface area (Å²) in [5, 5.41) is 9.94. The van der Waals surface area contributed by atoms with E-state index in [4.69, 9.17) is 16.0 Å². The Kier molecular flexibility index (Phi) is 3.25. The highest BCUT2D eigenvalue weighted by Crippen LogP contribution is 2.22. The van der Waals surface area contributed by atoms with Gasteiger partial charge in [-0.05, 0) is 12.1 Å². The molecule has 0 aromatic heterocycles. The Morgan fingerprint density at radius 3 is 2.60 bits per heavy atom. The summed E-state index contributed by atoms with van der Waals surface area (Å²) in [5.41, 5.74) is 0.829. The van der Waals surface area contributed by atoms with Crippen LogP contribution in [-0.4, -0.2) is 23.6 Å². The van der Waals surface area contributed by atoms with Gasteiger partial charge < -0.3 is 4.74 Å². The summed E-state index contributed by atoms with van der Waals surface area (Å²) in [5.74, 6) is 5.81. The SMILES string of the molecule is N=C(SC1COC1)N(N)c1ccccc1. The van der Waals surface area contributed by atoms with Gasteiger partial charge in [-0.1, -0.05) is 30.0 Å². The molecule has 5 heteroatoms. The third-order valence-electron chi connectivity index (χ3n) is 2.14. The summed E-state index contributed by atoms with van der Waals surface area (Å²) >= 11 is 1.45. The maximum atomic E-state index is 7.81. The van der Waals surface area contributed by atoms with Crippen molar-refractivity contribution < 1.29 is 4.74 Å². The predicted octanol–water partition coefficient (Wildman–Crippen LogP) is 1.43. The second-order valence-corrected chi connectivity index (χ2v) is 4.58. The van der Waals surface area contributed by atoms with E-state index in [-0.39, 0.29) is 0 Å². The normalized spacial score (nSPS) is 15.8. The molecule has 0 bridgehead atoms. The summed E-state index contributed by atoms with van der Waals surface area (Å²) in [6, 6.07) is 9.49. The van der Waals surface area contributed by atoms with Crippen molar-refractivity contribution in [2.75, 3.05) is 18.2 Å². The fourth-order valence-corrected chi connectivity index (χ4v) is 2.07. The monoisotopic (exact) mass is 223 g/mol. The lowest BCUT2D eigenvalue weighted by molar-refractivity contribution is 0.0459. The van der Waals surface area contributed by atoms with Gasteiger partial charge in [0.2, 0.25) is 0 Å². The summed E-state index contributed by atoms with van der Waals surface area (Å²) in [6.45, 7) is 1.44. The van der Waals surface area contributed by atoms with Gasteiger partial charge in [-0.2, -0.15) is 0 Å². The molecular formula is C10H13N3OS. The van der Waals surface area contributed by atoms with Gasteiger partial charge in [-0.3, -0.25) is 10.4 Å². The van der Waals surface area contributed by atoms with Gasteiger partial charge in [0, 0.05) is 0 Å². The molecule has 15 heavy (non-hydrogen) atoms. The van der Waals surface area contributed by atoms with Gasteiger partial charge >= 0.3 is 0 Å². The molecule has 80 valence electrons. The molecule has 0 atom stereocenters. The Balaban J connectivity index is 1.94. The number of ether oxygens (including phenoxy) is 1. The summed E-state index contributed by atoms with van der Waals surface area (Å²) in [4.78, 5) is 0. The van der Waals surface area contributed by atoms with Crippen molar-refractivity contribution in [2.45, 2.75) is 5.25 Å². The van der Waals surface area contributed by atoms with Gasteiger partial charge in [0.1, 0.15) is 0 Å². The Morgan fingerprint density at radius 1 is 1.40 bits per heavy atom. The van der Waals surface area contributed by atoms with Crippen LogP contribution in [0.4, 0.5) is 5.69 Å². The average molecular weight is 223 g/mol. The quantitative estimate of drug-likeness (QED) is 0.344. The van der Waals surface area contributed by atoms with E-state index in [0.717, 1.165) is 18.9 Å². The fraction of sp³-hybridized carbons (Fsp3) is 0.300. The molecule has 0 aliphatic carbocycles. The molecule has 1 heterocycles. The number of hydrazine groups is 1. The molecule has 2 rings (SSSR count). The van der Waals surface area contributed by atoms with Crippen molar-refractivity contribution in [3.8, 4) is 0 Å². The molecule has 0 radical (unpaired) electrons. The summed E-state index contributed by atoms with van der Waals surface area (Å²) in [6.07, 6.45) is 0. The van der Waals surface area contributed by atoms with E-state index in [0.29, 0.717) is 10.4 Å². The number of rotatable bonds is 2. The van der Waals surface area contributed by atoms with Crippen LogP contribution in [0.15, 0.2) is 30.3 Å². The Bertz CT molecular complexity index is 340. The predicted molar refractivity (Wildman–Crippen MR) is 63.0 cm³/mol. The van der Waals surface area contributed by atoms with E-state index in [2.05, 4.69) is 0 Å². The number of amidine groups is 1. The van der Waals surface area contributed by atoms with Crippen LogP contribution in [0.3, 0.4) is 0 Å². The Labute approximate surface area is 92.9 Å². The lowest BCUT2D eigenvalue weighted by Crippen LogP contribution is -2.39. The van der Waals surface area contributed by atoms with Crippen LogP contribution >= 0.6 is 11.8 Å². The highest BCUT2D eigenvalue weighted by atomic mass is 32.2. The first kappa shape index (κ1) is 10.5. The van der Waals surface area contributed by atoms with Gasteiger partial charge in [0.25, 0.3) is 0 Å². The standard InChI is InChI=1S/C10H13N3OS/c11-10(15-9-6-14-7-9)13(12)8-4-2-1-3-5-8/h1-5,9,11H,6-7,12H2. The maximum absolute atomic E-state index is 7.81. The average Bonchev–Trinajstić information content (AvgIpc) is 2.23. The molecule has 1 aromatic carbocycles. The number of para-hydroxylation sites is 1. The molecule has 3 N–H and O–H groups in total. The molecule has 1 aromatic rings. The third kappa shape index (κ3) is 2.50. The van der Waals surface area contributed by atoms with Gasteiger partial charge in [-0.25, -0.2) is 5.84 Å². The van der Waals surface area contributed by atoms with Crippen molar-refractivity contribution in [2.24, 2.45) is 5.84 Å². The van der Waals surface area contributed by atoms with Crippen molar-refractivity contribution in [3.05, 3.63) is 30.3 Å². The van der Waals surface area contributed by atoms with E-state index in [9.17, 15) is 0 Å². The van der Waals surface area contributed by atoms with Crippen LogP contribution in [0.5, 0.6) is 0 Å². The van der Waals surface area contributed by atoms with Crippen LogP contribution in [0.1, 0.15) is 0 Å². The number of benzene rings is 1. The smallest absolute Gasteiger partial charge is 0.175 e. The second kappa shape index (κ2) is 4.65. The minimum atomic E-state index is 0.356. The molecule has 0 saturated carbocycles. The topological polar surface area (TPSA) is 62.3 Å². The molecule has 1 saturated heterocycles. The second-order valence-electron chi connectivity index (χ2n) is 3.29. The molecule has 0 spiro atoms. The van der Waals surface area contributed by atoms with E-state index < -0.39 is 0 Å². The first-order valence-electron chi connectivity index (χ1n) is 4.70. The minimum absolute atomic E-state index is 0.356. The molecule has 0 amide bonds. The van der Waals surface area contributed by atoms with Crippen LogP contribution in [0, 0.1) is 5.41 Å². The van der Waals surface area contributed by atoms with Crippen molar-refractivity contribution in [3.63, 3.8) is 0 Å². The van der Waals surface area contributed by atoms with Crippen LogP contribution < -0.4 is 10.9 Å². The van der Waals surface area contributed by atoms with Gasteiger partial charge in [-0.15, -0.1) is 0 Å². The van der Waals surface area contributed by atoms with Crippen LogP contribution in [0.2, 0.25) is 0 Å². The highest BCUT2D eigenvalue weighted by Gasteiger charge is 2.22. The largest absolute Gasteiger partial charge is 0.379 e. The molecular weight excluding hydrogens is 210 g/mol. The molecule has 1 aliphatic heterocycles. The number of nitrogens with zero attached hydrogens (tertiary/aromatic N) is 1. The number of hydrogen-bond acceptors (Lipinski definition) is 4. The zero-order valence-corrected chi connectivity index (χ0v) is 9.04. The number of hydrogen-bond donors (Lipinski definition) is 2. The van der Waals surface area contributed by atoms with Crippen LogP contribution in [-0.2, 0) is 4.74 Å². The first-order chi connectivity index (χ1) is 7.27. The number of anilines is 1. The van der Waals surface area contributed by atoms with E-state index >= 15 is 0 Å². The lowest BCUT2D eigenvalue weighted by Gasteiger charge is -2.28. The zero-order chi connectivity index (χ0) is 10.7. The number of nitrogens with two attached hydrogens (primary N) is 1. The Morgan fingerprint density at radius 2 is 2.07 bits per heavy atom. The van der Waals surface area contributed by atoms with Crippen molar-refractivity contribution >= 4 is 22.6 Å².